The molecule has 0 heterocycles. The number of hydrogen-bond acceptors (Lipinski definition) is 4. The van der Waals surface area contributed by atoms with Crippen LogP contribution in [0.4, 0.5) is 13.2 Å². The zero-order valence-electron chi connectivity index (χ0n) is 11.9. The molecule has 0 aromatic carbocycles. The average Bonchev–Trinajstić information content (AvgIpc) is 2.32. The number of carbonyl (C=O) groups excluding carboxylic acids is 2. The Morgan fingerprint density at radius 2 is 1.81 bits per heavy atom. The van der Waals surface area contributed by atoms with E-state index in [4.69, 9.17) is 5.11 Å². The summed E-state index contributed by atoms with van der Waals surface area (Å²) in [6.45, 7) is 4.28. The molecule has 3 atom stereocenters. The zero-order chi connectivity index (χ0) is 16.8. The average molecular weight is 329 g/mol. The number of thioether (sulfide) groups is 1. The molecule has 0 fully saturated rings. The fourth-order valence-corrected chi connectivity index (χ4v) is 2.20. The van der Waals surface area contributed by atoms with E-state index in [1.807, 2.05) is 5.32 Å². The highest BCUT2D eigenvalue weighted by Crippen LogP contribution is 2.30. The molecule has 0 aliphatic carbocycles. The second kappa shape index (κ2) is 8.26. The van der Waals surface area contributed by atoms with Gasteiger partial charge in [0.25, 0.3) is 0 Å². The number of nitrogens with one attached hydrogen (secondary N) is 1. The van der Waals surface area contributed by atoms with Crippen molar-refractivity contribution in [2.24, 2.45) is 11.8 Å². The predicted octanol–water partition coefficient (Wildman–Crippen LogP) is 2.06. The van der Waals surface area contributed by atoms with Gasteiger partial charge in [0, 0.05) is 12.7 Å². The maximum Gasteiger partial charge on any atom is 0.401 e. The minimum Gasteiger partial charge on any atom is -0.480 e. The molecule has 0 radical (unpaired) electrons. The van der Waals surface area contributed by atoms with Crippen LogP contribution in [0.2, 0.25) is 0 Å². The highest BCUT2D eigenvalue weighted by molar-refractivity contribution is 8.13. The number of carbonyl (C=O) groups is 3. The van der Waals surface area contributed by atoms with Crippen molar-refractivity contribution in [3.63, 3.8) is 0 Å². The van der Waals surface area contributed by atoms with Crippen molar-refractivity contribution in [2.75, 3.05) is 5.75 Å². The van der Waals surface area contributed by atoms with Crippen LogP contribution in [0.1, 0.15) is 27.2 Å². The van der Waals surface area contributed by atoms with Gasteiger partial charge in [-0.15, -0.1) is 0 Å². The lowest BCUT2D eigenvalue weighted by Crippen LogP contribution is -2.50. The Hall–Kier alpha value is -1.25. The predicted molar refractivity (Wildman–Crippen MR) is 71.7 cm³/mol. The van der Waals surface area contributed by atoms with Gasteiger partial charge < -0.3 is 10.4 Å². The second-order valence-corrected chi connectivity index (χ2v) is 5.80. The fourth-order valence-electron chi connectivity index (χ4n) is 1.46. The number of rotatable bonds is 7. The lowest BCUT2D eigenvalue weighted by molar-refractivity contribution is -0.179. The number of hydrogen-bond donors (Lipinski definition) is 2. The maximum absolute atomic E-state index is 12.8. The minimum atomic E-state index is -4.84. The third kappa shape index (κ3) is 6.83. The van der Waals surface area contributed by atoms with Crippen LogP contribution in [-0.4, -0.2) is 40.1 Å². The van der Waals surface area contributed by atoms with Gasteiger partial charge in [0.1, 0.15) is 12.0 Å². The van der Waals surface area contributed by atoms with Crippen LogP contribution in [0.15, 0.2) is 0 Å². The van der Waals surface area contributed by atoms with Gasteiger partial charge in [0.15, 0.2) is 5.12 Å². The van der Waals surface area contributed by atoms with Gasteiger partial charge in [-0.3, -0.25) is 9.59 Å². The van der Waals surface area contributed by atoms with Crippen molar-refractivity contribution in [3.05, 3.63) is 0 Å². The molecule has 0 saturated carbocycles. The number of aliphatic carboxylic acids is 1. The molecular weight excluding hydrogens is 311 g/mol. The summed E-state index contributed by atoms with van der Waals surface area (Å²) in [6.07, 6.45) is -4.46. The third-order valence-electron chi connectivity index (χ3n) is 2.94. The summed E-state index contributed by atoms with van der Waals surface area (Å²) in [7, 11) is 0. The van der Waals surface area contributed by atoms with Gasteiger partial charge >= 0.3 is 12.1 Å². The summed E-state index contributed by atoms with van der Waals surface area (Å²) >= 11 is 0.377. The minimum absolute atomic E-state index is 0.377. The van der Waals surface area contributed by atoms with Crippen molar-refractivity contribution in [3.8, 4) is 0 Å². The molecule has 0 aliphatic rings. The zero-order valence-corrected chi connectivity index (χ0v) is 12.7. The first-order chi connectivity index (χ1) is 9.50. The summed E-state index contributed by atoms with van der Waals surface area (Å²) in [6, 6.07) is -1.39. The molecule has 1 amide bonds. The normalized spacial score (nSPS) is 15.9. The van der Waals surface area contributed by atoms with Crippen molar-refractivity contribution in [1.82, 2.24) is 5.32 Å². The van der Waals surface area contributed by atoms with Crippen LogP contribution >= 0.6 is 11.8 Å². The Morgan fingerprint density at radius 3 is 2.14 bits per heavy atom. The first kappa shape index (κ1) is 19.8. The standard InChI is InChI=1S/C12H18F3NO4S/c1-4-6(2)9(11(19)20)16-10(18)8(12(13,14)15)5-21-7(3)17/h6,8-9H,4-5H2,1-3H3,(H,16,18)(H,19,20)/t6-,8?,9-/m0/s1. The molecule has 0 spiro atoms. The smallest absolute Gasteiger partial charge is 0.401 e. The van der Waals surface area contributed by atoms with Crippen LogP contribution in [0, 0.1) is 11.8 Å². The van der Waals surface area contributed by atoms with E-state index in [0.29, 0.717) is 18.2 Å². The number of alkyl halides is 3. The van der Waals surface area contributed by atoms with E-state index in [0.717, 1.165) is 6.92 Å². The Bertz CT molecular complexity index is 400. The van der Waals surface area contributed by atoms with E-state index >= 15 is 0 Å². The van der Waals surface area contributed by atoms with Gasteiger partial charge in [-0.05, 0) is 5.92 Å². The van der Waals surface area contributed by atoms with E-state index in [1.54, 1.807) is 6.92 Å². The van der Waals surface area contributed by atoms with E-state index in [1.165, 1.54) is 6.92 Å². The molecule has 9 heteroatoms. The van der Waals surface area contributed by atoms with Crippen LogP contribution in [0.3, 0.4) is 0 Å². The highest BCUT2D eigenvalue weighted by atomic mass is 32.2. The molecule has 21 heavy (non-hydrogen) atoms. The summed E-state index contributed by atoms with van der Waals surface area (Å²) in [5, 5.41) is 10.3. The number of carboxylic acids is 1. The van der Waals surface area contributed by atoms with Crippen molar-refractivity contribution < 1.29 is 32.7 Å². The van der Waals surface area contributed by atoms with Gasteiger partial charge in [-0.2, -0.15) is 13.2 Å². The summed E-state index contributed by atoms with van der Waals surface area (Å²) in [5.41, 5.74) is 0. The lowest BCUT2D eigenvalue weighted by atomic mass is 9.98. The van der Waals surface area contributed by atoms with E-state index in [2.05, 4.69) is 0 Å². The molecule has 2 N–H and O–H groups in total. The van der Waals surface area contributed by atoms with Crippen LogP contribution in [-0.2, 0) is 14.4 Å². The van der Waals surface area contributed by atoms with Gasteiger partial charge in [0.05, 0.1) is 0 Å². The Labute approximate surface area is 124 Å². The molecule has 0 saturated heterocycles. The molecule has 0 bridgehead atoms. The maximum atomic E-state index is 12.8. The van der Waals surface area contributed by atoms with Gasteiger partial charge in [-0.1, -0.05) is 32.0 Å². The summed E-state index contributed by atoms with van der Waals surface area (Å²) < 4.78 is 38.5. The third-order valence-corrected chi connectivity index (χ3v) is 3.85. The topological polar surface area (TPSA) is 83.5 Å². The number of halogens is 3. The molecule has 5 nitrogen and oxygen atoms in total. The van der Waals surface area contributed by atoms with Gasteiger partial charge in [-0.25, -0.2) is 4.79 Å². The summed E-state index contributed by atoms with van der Waals surface area (Å²) in [4.78, 5) is 33.5. The van der Waals surface area contributed by atoms with Crippen LogP contribution in [0.25, 0.3) is 0 Å². The number of amides is 1. The van der Waals surface area contributed by atoms with Crippen LogP contribution < -0.4 is 5.32 Å². The van der Waals surface area contributed by atoms with Crippen LogP contribution in [0.5, 0.6) is 0 Å². The fraction of sp³-hybridized carbons (Fsp3) is 0.750. The van der Waals surface area contributed by atoms with E-state index in [9.17, 15) is 27.6 Å². The van der Waals surface area contributed by atoms with E-state index < -0.39 is 46.8 Å². The van der Waals surface area contributed by atoms with Crippen molar-refractivity contribution >= 4 is 28.8 Å². The number of carboxylic acid groups (broad SMARTS) is 1. The molecule has 0 rings (SSSR count). The quantitative estimate of drug-likeness (QED) is 0.747. The van der Waals surface area contributed by atoms with E-state index in [-0.39, 0.29) is 0 Å². The largest absolute Gasteiger partial charge is 0.480 e. The summed E-state index contributed by atoms with van der Waals surface area (Å²) in [5.74, 6) is -6.52. The second-order valence-electron chi connectivity index (χ2n) is 4.61. The Balaban J connectivity index is 5.02. The first-order valence-corrected chi connectivity index (χ1v) is 7.22. The molecule has 1 unspecified atom stereocenters. The highest BCUT2D eigenvalue weighted by Gasteiger charge is 2.46. The van der Waals surface area contributed by atoms with Crippen molar-refractivity contribution in [2.45, 2.75) is 39.4 Å². The molecule has 122 valence electrons. The first-order valence-electron chi connectivity index (χ1n) is 6.23. The Kier molecular flexibility index (Phi) is 7.76. The molecule has 0 aromatic heterocycles. The van der Waals surface area contributed by atoms with Gasteiger partial charge in [0.2, 0.25) is 5.91 Å². The van der Waals surface area contributed by atoms with Crippen molar-refractivity contribution in [1.29, 1.82) is 0 Å². The SMILES string of the molecule is CC[C@H](C)[C@H](NC(=O)C(CSC(C)=O)C(F)(F)F)C(=O)O. The molecular formula is C12H18F3NO4S. The molecule has 0 aromatic rings. The monoisotopic (exact) mass is 329 g/mol. The lowest BCUT2D eigenvalue weighted by Gasteiger charge is -2.24. The Morgan fingerprint density at radius 1 is 1.29 bits per heavy atom. The molecule has 0 aliphatic heterocycles.